The number of carbonyl (C=O) groups excluding carboxylic acids is 1. The molecule has 0 bridgehead atoms. The van der Waals surface area contributed by atoms with Crippen LogP contribution in [0.5, 0.6) is 0 Å². The third-order valence-electron chi connectivity index (χ3n) is 5.21. The van der Waals surface area contributed by atoms with Crippen LogP contribution in [-0.2, 0) is 4.79 Å². The van der Waals surface area contributed by atoms with Gasteiger partial charge >= 0.3 is 0 Å². The van der Waals surface area contributed by atoms with Crippen molar-refractivity contribution in [3.8, 4) is 0 Å². The van der Waals surface area contributed by atoms with Crippen molar-refractivity contribution in [3.05, 3.63) is 76.6 Å². The summed E-state index contributed by atoms with van der Waals surface area (Å²) < 4.78 is 0. The average Bonchev–Trinajstić information content (AvgIpc) is 2.76. The number of aliphatic imine (C=N–C) groups is 1. The summed E-state index contributed by atoms with van der Waals surface area (Å²) in [5.74, 6) is 1.21. The van der Waals surface area contributed by atoms with Gasteiger partial charge in [-0.1, -0.05) is 18.3 Å². The molecule has 142 valence electrons. The smallest absolute Gasteiger partial charge is 0.206 e. The van der Waals surface area contributed by atoms with E-state index in [4.69, 9.17) is 4.99 Å². The molecule has 0 unspecified atom stereocenters. The predicted octanol–water partition coefficient (Wildman–Crippen LogP) is 3.82. The molecule has 1 aromatic heterocycles. The molecule has 0 N–H and O–H groups in total. The van der Waals surface area contributed by atoms with Crippen molar-refractivity contribution in [2.24, 2.45) is 10.9 Å². The van der Waals surface area contributed by atoms with Gasteiger partial charge in [-0.25, -0.2) is 4.99 Å². The first-order valence-electron chi connectivity index (χ1n) is 9.34. The van der Waals surface area contributed by atoms with Crippen LogP contribution in [0.15, 0.2) is 76.1 Å². The van der Waals surface area contributed by atoms with Crippen molar-refractivity contribution in [2.45, 2.75) is 12.8 Å². The van der Waals surface area contributed by atoms with E-state index in [1.807, 2.05) is 47.7 Å². The molecule has 28 heavy (non-hydrogen) atoms. The van der Waals surface area contributed by atoms with Gasteiger partial charge in [0, 0.05) is 55.1 Å². The molecule has 4 heterocycles. The molecule has 0 aromatic carbocycles. The highest BCUT2D eigenvalue weighted by Gasteiger charge is 2.30. The van der Waals surface area contributed by atoms with Gasteiger partial charge in [-0.15, -0.1) is 5.73 Å². The number of nitrogens with zero attached hydrogens (tertiary/aromatic N) is 4. The minimum atomic E-state index is 0.0720. The van der Waals surface area contributed by atoms with E-state index in [1.165, 1.54) is 11.8 Å². The Morgan fingerprint density at radius 3 is 2.71 bits per heavy atom. The highest BCUT2D eigenvalue weighted by Crippen LogP contribution is 2.30. The van der Waals surface area contributed by atoms with Gasteiger partial charge in [-0.2, -0.15) is 0 Å². The number of likely N-dealkylation sites (tertiary alicyclic amines) is 1. The lowest BCUT2D eigenvalue weighted by Crippen LogP contribution is -2.47. The van der Waals surface area contributed by atoms with Gasteiger partial charge in [-0.05, 0) is 43.2 Å². The molecule has 5 nitrogen and oxygen atoms in total. The van der Waals surface area contributed by atoms with Crippen LogP contribution in [0, 0.1) is 5.92 Å². The molecular weight excluding hydrogens is 368 g/mol. The quantitative estimate of drug-likeness (QED) is 0.735. The number of rotatable bonds is 3. The number of piperidine rings is 1. The molecule has 0 spiro atoms. The molecule has 0 aliphatic carbocycles. The van der Waals surface area contributed by atoms with Gasteiger partial charge in [-0.3, -0.25) is 9.78 Å². The Bertz CT molecular complexity index is 946. The maximum Gasteiger partial charge on any atom is 0.206 e. The van der Waals surface area contributed by atoms with Crippen molar-refractivity contribution in [2.75, 3.05) is 20.1 Å². The van der Waals surface area contributed by atoms with Crippen LogP contribution in [0.4, 0.5) is 0 Å². The number of thioether (sulfide) groups is 1. The van der Waals surface area contributed by atoms with Crippen LogP contribution in [0.25, 0.3) is 5.70 Å². The average molecular weight is 391 g/mol. The Balaban J connectivity index is 1.47. The van der Waals surface area contributed by atoms with Gasteiger partial charge in [0.05, 0.1) is 10.6 Å². The van der Waals surface area contributed by atoms with E-state index in [9.17, 15) is 4.79 Å². The van der Waals surface area contributed by atoms with Crippen LogP contribution in [0.3, 0.4) is 0 Å². The molecular formula is C22H22N4OS. The largest absolute Gasteiger partial charge is 0.342 e. The fourth-order valence-electron chi connectivity index (χ4n) is 3.53. The maximum absolute atomic E-state index is 12.7. The first-order valence-corrected chi connectivity index (χ1v) is 10.2. The van der Waals surface area contributed by atoms with Crippen molar-refractivity contribution in [1.29, 1.82) is 0 Å². The second-order valence-electron chi connectivity index (χ2n) is 6.95. The first-order chi connectivity index (χ1) is 13.6. The predicted molar refractivity (Wildman–Crippen MR) is 114 cm³/mol. The fraction of sp³-hybridized carbons (Fsp3) is 0.273. The van der Waals surface area contributed by atoms with Gasteiger partial charge < -0.3 is 9.80 Å². The van der Waals surface area contributed by atoms with Crippen molar-refractivity contribution < 1.29 is 4.79 Å². The molecule has 0 amide bonds. The minimum Gasteiger partial charge on any atom is -0.342 e. The minimum absolute atomic E-state index is 0.0720. The molecule has 1 aromatic rings. The summed E-state index contributed by atoms with van der Waals surface area (Å²) in [5, 5.41) is 1.84. The van der Waals surface area contributed by atoms with Crippen molar-refractivity contribution in [1.82, 2.24) is 14.8 Å². The van der Waals surface area contributed by atoms with E-state index in [2.05, 4.69) is 22.2 Å². The number of aromatic nitrogens is 1. The topological polar surface area (TPSA) is 48.8 Å². The zero-order chi connectivity index (χ0) is 19.5. The Morgan fingerprint density at radius 1 is 1.29 bits per heavy atom. The Morgan fingerprint density at radius 2 is 2.04 bits per heavy atom. The van der Waals surface area contributed by atoms with E-state index < -0.39 is 0 Å². The number of carbonyl (C=O) groups is 1. The van der Waals surface area contributed by atoms with Crippen molar-refractivity contribution in [3.63, 3.8) is 0 Å². The third kappa shape index (κ3) is 3.75. The Kier molecular flexibility index (Phi) is 5.33. The summed E-state index contributed by atoms with van der Waals surface area (Å²) in [4.78, 5) is 26.8. The number of Topliss-reactive ketones (excluding diaryl/α,β-unsaturated/α-hetero) is 1. The molecule has 0 saturated carbocycles. The second kappa shape index (κ2) is 8.05. The molecule has 4 rings (SSSR count). The zero-order valence-electron chi connectivity index (χ0n) is 15.8. The number of likely N-dealkylation sites (N-methyl/N-ethyl adjacent to an activating group) is 1. The SMILES string of the molecule is C=C1C=C(c2ccncc2)N=C(N2CCC(C(=O)C3=CC=C=CS3)CC2)N1C. The molecule has 3 aliphatic rings. The summed E-state index contributed by atoms with van der Waals surface area (Å²) in [5.41, 5.74) is 5.80. The van der Waals surface area contributed by atoms with Crippen molar-refractivity contribution >= 4 is 29.2 Å². The van der Waals surface area contributed by atoms with Crippen LogP contribution in [0.2, 0.25) is 0 Å². The highest BCUT2D eigenvalue weighted by atomic mass is 32.2. The van der Waals surface area contributed by atoms with Crippen LogP contribution in [0.1, 0.15) is 18.4 Å². The molecule has 0 radical (unpaired) electrons. The van der Waals surface area contributed by atoms with E-state index in [1.54, 1.807) is 12.4 Å². The van der Waals surface area contributed by atoms with E-state index in [0.717, 1.165) is 53.8 Å². The van der Waals surface area contributed by atoms with Gasteiger partial charge in [0.15, 0.2) is 5.78 Å². The monoisotopic (exact) mass is 390 g/mol. The van der Waals surface area contributed by atoms with Gasteiger partial charge in [0.2, 0.25) is 5.96 Å². The van der Waals surface area contributed by atoms with Gasteiger partial charge in [0.25, 0.3) is 0 Å². The lowest BCUT2D eigenvalue weighted by molar-refractivity contribution is -0.119. The number of hydrogen-bond donors (Lipinski definition) is 0. The van der Waals surface area contributed by atoms with E-state index >= 15 is 0 Å². The molecule has 1 saturated heterocycles. The molecule has 6 heteroatoms. The third-order valence-corrected chi connectivity index (χ3v) is 6.05. The summed E-state index contributed by atoms with van der Waals surface area (Å²) in [6, 6.07) is 3.91. The van der Waals surface area contributed by atoms with Gasteiger partial charge in [0.1, 0.15) is 0 Å². The summed E-state index contributed by atoms with van der Waals surface area (Å²) in [7, 11) is 1.99. The Labute approximate surface area is 169 Å². The summed E-state index contributed by atoms with van der Waals surface area (Å²) in [6.07, 6.45) is 10.9. The molecule has 1 fully saturated rings. The van der Waals surface area contributed by atoms with E-state index in [0.29, 0.717) is 0 Å². The maximum atomic E-state index is 12.7. The Hall–Kier alpha value is -2.82. The summed E-state index contributed by atoms with van der Waals surface area (Å²) >= 11 is 1.47. The normalized spacial score (nSPS) is 20.0. The number of hydrogen-bond acceptors (Lipinski definition) is 6. The van der Waals surface area contributed by atoms with Crippen LogP contribution < -0.4 is 0 Å². The molecule has 0 atom stereocenters. The van der Waals surface area contributed by atoms with Crippen LogP contribution in [-0.4, -0.2) is 46.7 Å². The second-order valence-corrected chi connectivity index (χ2v) is 7.86. The zero-order valence-corrected chi connectivity index (χ0v) is 16.7. The molecule has 3 aliphatic heterocycles. The number of ketones is 1. The number of pyridine rings is 1. The highest BCUT2D eigenvalue weighted by molar-refractivity contribution is 8.06. The fourth-order valence-corrected chi connectivity index (χ4v) is 4.24. The number of guanidine groups is 1. The van der Waals surface area contributed by atoms with Crippen LogP contribution >= 0.6 is 11.8 Å². The lowest BCUT2D eigenvalue weighted by Gasteiger charge is -2.38. The van der Waals surface area contributed by atoms with E-state index in [-0.39, 0.29) is 11.7 Å². The standard InChI is InChI=1S/C22H22N4OS/c1-16-15-19(17-6-10-23-11-7-17)24-22(25(16)2)26-12-8-18(9-13-26)21(27)20-5-3-4-14-28-20/h3,5-7,10-11,14-15,18H,1,8-9,12-13H2,2H3. The number of allylic oxidation sites excluding steroid dienone is 4. The lowest BCUT2D eigenvalue weighted by atomic mass is 9.92. The summed E-state index contributed by atoms with van der Waals surface area (Å²) in [6.45, 7) is 5.78. The first kappa shape index (κ1) is 18.5.